The van der Waals surface area contributed by atoms with Gasteiger partial charge in [-0.3, -0.25) is 4.79 Å². The van der Waals surface area contributed by atoms with Crippen LogP contribution in [0.5, 0.6) is 28.7 Å². The molecule has 10 heteroatoms. The molecule has 2 aromatic carbocycles. The van der Waals surface area contributed by atoms with Gasteiger partial charge in [-0.15, -0.1) is 0 Å². The Labute approximate surface area is 189 Å². The lowest BCUT2D eigenvalue weighted by atomic mass is 9.95. The summed E-state index contributed by atoms with van der Waals surface area (Å²) in [4.78, 5) is 12.9. The Morgan fingerprint density at radius 1 is 0.970 bits per heavy atom. The van der Waals surface area contributed by atoms with E-state index in [9.17, 15) is 25.2 Å². The molecule has 0 unspecified atom stereocenters. The van der Waals surface area contributed by atoms with E-state index in [1.165, 1.54) is 32.4 Å². The average molecular weight is 462 g/mol. The van der Waals surface area contributed by atoms with E-state index in [4.69, 9.17) is 23.7 Å². The van der Waals surface area contributed by atoms with E-state index in [1.54, 1.807) is 19.1 Å². The highest BCUT2D eigenvalue weighted by atomic mass is 16.7. The summed E-state index contributed by atoms with van der Waals surface area (Å²) in [5.41, 5.74) is 0.822. The zero-order valence-corrected chi connectivity index (χ0v) is 18.3. The summed E-state index contributed by atoms with van der Waals surface area (Å²) >= 11 is 0. The summed E-state index contributed by atoms with van der Waals surface area (Å²) in [6, 6.07) is 7.66. The summed E-state index contributed by atoms with van der Waals surface area (Å²) in [6.07, 6.45) is -6.91. The van der Waals surface area contributed by atoms with Crippen molar-refractivity contribution in [3.8, 4) is 28.7 Å². The van der Waals surface area contributed by atoms with Crippen LogP contribution in [0.2, 0.25) is 0 Å². The van der Waals surface area contributed by atoms with E-state index in [0.717, 1.165) is 0 Å². The molecular formula is C23H26O10. The smallest absolute Gasteiger partial charge is 0.229 e. The Morgan fingerprint density at radius 2 is 1.70 bits per heavy atom. The SMILES string of the molecule is COc1ccc([C@@H]2CC(=O)c3c(OC)cc(O[C@@H]4O[C@H](C)[C@@H](O)[C@H](O)[C@@H]4O)cc3O2)cc1O. The summed E-state index contributed by atoms with van der Waals surface area (Å²) in [7, 11) is 2.83. The van der Waals surface area contributed by atoms with Crippen molar-refractivity contribution in [1.82, 2.24) is 0 Å². The number of rotatable bonds is 5. The lowest BCUT2D eigenvalue weighted by molar-refractivity contribution is -0.268. The van der Waals surface area contributed by atoms with Gasteiger partial charge in [-0.05, 0) is 24.6 Å². The molecular weight excluding hydrogens is 436 g/mol. The first kappa shape index (κ1) is 23.1. The Hall–Kier alpha value is -3.05. The second-order valence-electron chi connectivity index (χ2n) is 7.96. The molecule has 0 spiro atoms. The highest BCUT2D eigenvalue weighted by Gasteiger charge is 2.43. The molecule has 1 fully saturated rings. The summed E-state index contributed by atoms with van der Waals surface area (Å²) in [5.74, 6) is 0.566. The third kappa shape index (κ3) is 4.30. The van der Waals surface area contributed by atoms with Gasteiger partial charge in [0.2, 0.25) is 6.29 Å². The van der Waals surface area contributed by atoms with Crippen molar-refractivity contribution < 1.29 is 48.9 Å². The van der Waals surface area contributed by atoms with E-state index >= 15 is 0 Å². The predicted octanol–water partition coefficient (Wildman–Crippen LogP) is 1.32. The van der Waals surface area contributed by atoms with Crippen LogP contribution in [0.4, 0.5) is 0 Å². The topological polar surface area (TPSA) is 144 Å². The van der Waals surface area contributed by atoms with Crippen LogP contribution >= 0.6 is 0 Å². The third-order valence-electron chi connectivity index (χ3n) is 5.81. The van der Waals surface area contributed by atoms with Gasteiger partial charge in [-0.1, -0.05) is 6.07 Å². The number of hydrogen-bond acceptors (Lipinski definition) is 10. The Kier molecular flexibility index (Phi) is 6.35. The van der Waals surface area contributed by atoms with Crippen LogP contribution in [-0.4, -0.2) is 71.1 Å². The molecule has 0 bridgehead atoms. The van der Waals surface area contributed by atoms with Crippen LogP contribution in [0.25, 0.3) is 0 Å². The minimum Gasteiger partial charge on any atom is -0.504 e. The van der Waals surface area contributed by atoms with Gasteiger partial charge in [0.15, 0.2) is 17.3 Å². The van der Waals surface area contributed by atoms with E-state index < -0.39 is 36.8 Å². The lowest BCUT2D eigenvalue weighted by Crippen LogP contribution is -2.58. The largest absolute Gasteiger partial charge is 0.504 e. The number of phenolic OH excluding ortho intramolecular Hbond substituents is 1. The molecule has 4 N–H and O–H groups in total. The molecule has 0 radical (unpaired) electrons. The number of ketones is 1. The summed E-state index contributed by atoms with van der Waals surface area (Å²) in [5, 5.41) is 40.2. The van der Waals surface area contributed by atoms with E-state index in [0.29, 0.717) is 11.3 Å². The number of aliphatic hydroxyl groups is 3. The molecule has 0 amide bonds. The molecule has 2 aliphatic rings. The maximum atomic E-state index is 12.9. The molecule has 6 atom stereocenters. The monoisotopic (exact) mass is 462 g/mol. The first-order valence-corrected chi connectivity index (χ1v) is 10.4. The van der Waals surface area contributed by atoms with Crippen molar-refractivity contribution in [2.75, 3.05) is 14.2 Å². The number of carbonyl (C=O) groups is 1. The van der Waals surface area contributed by atoms with Gasteiger partial charge in [0, 0.05) is 12.1 Å². The van der Waals surface area contributed by atoms with Crippen LogP contribution in [0.15, 0.2) is 30.3 Å². The van der Waals surface area contributed by atoms with E-state index in [2.05, 4.69) is 0 Å². The Balaban J connectivity index is 1.63. The highest BCUT2D eigenvalue weighted by Crippen LogP contribution is 2.43. The van der Waals surface area contributed by atoms with Crippen LogP contribution in [0.3, 0.4) is 0 Å². The number of methoxy groups -OCH3 is 2. The van der Waals surface area contributed by atoms with Crippen molar-refractivity contribution in [3.63, 3.8) is 0 Å². The van der Waals surface area contributed by atoms with Gasteiger partial charge in [-0.2, -0.15) is 0 Å². The van der Waals surface area contributed by atoms with E-state index in [-0.39, 0.29) is 40.8 Å². The van der Waals surface area contributed by atoms with Crippen molar-refractivity contribution in [2.24, 2.45) is 0 Å². The minimum atomic E-state index is -1.50. The molecule has 4 rings (SSSR count). The lowest BCUT2D eigenvalue weighted by Gasteiger charge is -2.39. The second-order valence-corrected chi connectivity index (χ2v) is 7.96. The molecule has 0 aromatic heterocycles. The average Bonchev–Trinajstić information content (AvgIpc) is 2.80. The van der Waals surface area contributed by atoms with Crippen molar-refractivity contribution in [2.45, 2.75) is 50.2 Å². The fourth-order valence-electron chi connectivity index (χ4n) is 3.97. The maximum Gasteiger partial charge on any atom is 0.229 e. The zero-order valence-electron chi connectivity index (χ0n) is 18.3. The minimum absolute atomic E-state index is 0.0291. The van der Waals surface area contributed by atoms with Gasteiger partial charge < -0.3 is 44.1 Å². The molecule has 0 saturated carbocycles. The summed E-state index contributed by atoms with van der Waals surface area (Å²) in [6.45, 7) is 1.54. The van der Waals surface area contributed by atoms with Crippen molar-refractivity contribution in [1.29, 1.82) is 0 Å². The number of Topliss-reactive ketones (excluding diaryl/α,β-unsaturated/α-hetero) is 1. The van der Waals surface area contributed by atoms with Gasteiger partial charge in [0.1, 0.15) is 47.2 Å². The molecule has 2 aromatic rings. The van der Waals surface area contributed by atoms with Gasteiger partial charge in [-0.25, -0.2) is 0 Å². The van der Waals surface area contributed by atoms with Crippen LogP contribution in [-0.2, 0) is 4.74 Å². The van der Waals surface area contributed by atoms with Gasteiger partial charge in [0.25, 0.3) is 0 Å². The number of benzene rings is 2. The number of aromatic hydroxyl groups is 1. The standard InChI is InChI=1S/C23H26O10/c1-10-20(26)21(27)22(28)23(31-10)32-12-7-17(30-3)19-14(25)9-16(33-18(19)8-12)11-4-5-15(29-2)13(24)6-11/h4-8,10,16,20-24,26-28H,9H2,1-3H3/t10-,16+,20-,21+,22+,23+/m1/s1. The second kappa shape index (κ2) is 9.06. The fourth-order valence-corrected chi connectivity index (χ4v) is 3.97. The Morgan fingerprint density at radius 3 is 2.36 bits per heavy atom. The highest BCUT2D eigenvalue weighted by molar-refractivity contribution is 6.02. The molecule has 178 valence electrons. The molecule has 10 nitrogen and oxygen atoms in total. The molecule has 1 saturated heterocycles. The third-order valence-corrected chi connectivity index (χ3v) is 5.81. The quantitative estimate of drug-likeness (QED) is 0.513. The number of hydrogen-bond donors (Lipinski definition) is 4. The normalized spacial score (nSPS) is 29.1. The zero-order chi connectivity index (χ0) is 23.9. The summed E-state index contributed by atoms with van der Waals surface area (Å²) < 4.78 is 27.7. The number of carbonyl (C=O) groups excluding carboxylic acids is 1. The van der Waals surface area contributed by atoms with Crippen molar-refractivity contribution >= 4 is 5.78 Å². The fraction of sp³-hybridized carbons (Fsp3) is 0.435. The number of phenols is 1. The van der Waals surface area contributed by atoms with Gasteiger partial charge in [0.05, 0.1) is 26.7 Å². The molecule has 2 aliphatic heterocycles. The van der Waals surface area contributed by atoms with Crippen LogP contribution < -0.4 is 18.9 Å². The number of aliphatic hydroxyl groups excluding tert-OH is 3. The molecule has 33 heavy (non-hydrogen) atoms. The van der Waals surface area contributed by atoms with E-state index in [1.807, 2.05) is 0 Å². The predicted molar refractivity (Wildman–Crippen MR) is 113 cm³/mol. The maximum absolute atomic E-state index is 12.9. The van der Waals surface area contributed by atoms with Gasteiger partial charge >= 0.3 is 0 Å². The first-order chi connectivity index (χ1) is 15.7. The van der Waals surface area contributed by atoms with Crippen molar-refractivity contribution in [3.05, 3.63) is 41.5 Å². The van der Waals surface area contributed by atoms with Crippen LogP contribution in [0, 0.1) is 0 Å². The molecule has 0 aliphatic carbocycles. The Bertz CT molecular complexity index is 1040. The van der Waals surface area contributed by atoms with Crippen LogP contribution in [0.1, 0.15) is 35.4 Å². The number of ether oxygens (including phenoxy) is 5. The molecule has 2 heterocycles. The number of fused-ring (bicyclic) bond motifs is 1. The first-order valence-electron chi connectivity index (χ1n) is 10.4.